The van der Waals surface area contributed by atoms with Crippen molar-refractivity contribution in [3.05, 3.63) is 18.3 Å². The molecule has 108 valence electrons. The molecule has 1 amide bonds. The first kappa shape index (κ1) is 13.4. The van der Waals surface area contributed by atoms with Gasteiger partial charge in [0.15, 0.2) is 0 Å². The quantitative estimate of drug-likeness (QED) is 0.890. The molecule has 5 nitrogen and oxygen atoms in total. The number of nitrogens with one attached hydrogen (secondary N) is 2. The van der Waals surface area contributed by atoms with Gasteiger partial charge in [0, 0.05) is 13.5 Å². The lowest BCUT2D eigenvalue weighted by Gasteiger charge is -2.30. The van der Waals surface area contributed by atoms with Crippen LogP contribution in [-0.4, -0.2) is 29.1 Å². The molecule has 0 bridgehead atoms. The zero-order valence-corrected chi connectivity index (χ0v) is 11.8. The Bertz CT molecular complexity index is 475. The molecule has 1 spiro atoms. The minimum Gasteiger partial charge on any atom is -0.373 e. The van der Waals surface area contributed by atoms with Crippen molar-refractivity contribution >= 4 is 17.4 Å². The molecule has 1 aromatic rings. The van der Waals surface area contributed by atoms with Gasteiger partial charge < -0.3 is 15.4 Å². The maximum absolute atomic E-state index is 11.0. The Morgan fingerprint density at radius 2 is 2.20 bits per heavy atom. The van der Waals surface area contributed by atoms with Crippen LogP contribution in [0.1, 0.15) is 39.0 Å². The van der Waals surface area contributed by atoms with Gasteiger partial charge in [-0.05, 0) is 31.4 Å². The van der Waals surface area contributed by atoms with Crippen LogP contribution in [0.15, 0.2) is 18.3 Å². The molecule has 1 aliphatic heterocycles. The van der Waals surface area contributed by atoms with Crippen LogP contribution in [0.25, 0.3) is 0 Å². The van der Waals surface area contributed by atoms with Gasteiger partial charge in [-0.15, -0.1) is 0 Å². The molecule has 1 saturated heterocycles. The molecule has 0 aromatic carbocycles. The Morgan fingerprint density at radius 3 is 2.85 bits per heavy atom. The van der Waals surface area contributed by atoms with E-state index in [-0.39, 0.29) is 11.5 Å². The highest BCUT2D eigenvalue weighted by atomic mass is 16.5. The first-order chi connectivity index (χ1) is 9.68. The Kier molecular flexibility index (Phi) is 3.61. The molecular weight excluding hydrogens is 254 g/mol. The molecule has 5 heteroatoms. The van der Waals surface area contributed by atoms with Crippen LogP contribution in [0, 0.1) is 0 Å². The van der Waals surface area contributed by atoms with Crippen molar-refractivity contribution in [1.29, 1.82) is 0 Å². The molecule has 2 heterocycles. The first-order valence-electron chi connectivity index (χ1n) is 7.32. The zero-order chi connectivity index (χ0) is 14.0. The van der Waals surface area contributed by atoms with Crippen LogP contribution in [-0.2, 0) is 9.53 Å². The van der Waals surface area contributed by atoms with E-state index in [9.17, 15) is 4.79 Å². The van der Waals surface area contributed by atoms with E-state index >= 15 is 0 Å². The second kappa shape index (κ2) is 5.40. The molecule has 20 heavy (non-hydrogen) atoms. The molecular formula is C15H21N3O2. The third-order valence-corrected chi connectivity index (χ3v) is 4.29. The zero-order valence-electron chi connectivity index (χ0n) is 11.8. The number of hydrogen-bond acceptors (Lipinski definition) is 4. The van der Waals surface area contributed by atoms with E-state index < -0.39 is 0 Å². The second-order valence-corrected chi connectivity index (χ2v) is 5.72. The summed E-state index contributed by atoms with van der Waals surface area (Å²) in [5.41, 5.74) is 0.749. The summed E-state index contributed by atoms with van der Waals surface area (Å²) in [6.45, 7) is 2.33. The Balaban J connectivity index is 1.66. The number of hydrogen-bond donors (Lipinski definition) is 2. The second-order valence-electron chi connectivity index (χ2n) is 5.72. The molecule has 1 aliphatic carbocycles. The van der Waals surface area contributed by atoms with Gasteiger partial charge in [0.2, 0.25) is 5.91 Å². The highest BCUT2D eigenvalue weighted by molar-refractivity contribution is 5.88. The number of amides is 1. The molecule has 1 atom stereocenters. The molecule has 0 radical (unpaired) electrons. The lowest BCUT2D eigenvalue weighted by molar-refractivity contribution is -0.114. The summed E-state index contributed by atoms with van der Waals surface area (Å²) in [6.07, 6.45) is 7.53. The number of carbonyl (C=O) groups excluding carboxylic acids is 1. The Hall–Kier alpha value is -1.62. The summed E-state index contributed by atoms with van der Waals surface area (Å²) < 4.78 is 6.02. The summed E-state index contributed by atoms with van der Waals surface area (Å²) in [5.74, 6) is 0.766. The van der Waals surface area contributed by atoms with Crippen LogP contribution < -0.4 is 10.6 Å². The maximum Gasteiger partial charge on any atom is 0.221 e. The van der Waals surface area contributed by atoms with E-state index in [1.54, 1.807) is 6.20 Å². The van der Waals surface area contributed by atoms with Crippen molar-refractivity contribution in [3.8, 4) is 0 Å². The third kappa shape index (κ3) is 2.63. The van der Waals surface area contributed by atoms with Crippen molar-refractivity contribution in [1.82, 2.24) is 4.98 Å². The van der Waals surface area contributed by atoms with Gasteiger partial charge in [-0.3, -0.25) is 4.79 Å². The SMILES string of the molecule is CC(=O)Nc1ccc(NC2CCOC23CCCC3)nc1. The third-order valence-electron chi connectivity index (χ3n) is 4.29. The van der Waals surface area contributed by atoms with Gasteiger partial charge in [0.05, 0.1) is 23.5 Å². The van der Waals surface area contributed by atoms with Crippen LogP contribution in [0.4, 0.5) is 11.5 Å². The molecule has 1 unspecified atom stereocenters. The van der Waals surface area contributed by atoms with Crippen molar-refractivity contribution in [2.75, 3.05) is 17.2 Å². The summed E-state index contributed by atoms with van der Waals surface area (Å²) in [7, 11) is 0. The van der Waals surface area contributed by atoms with Gasteiger partial charge in [0.25, 0.3) is 0 Å². The predicted molar refractivity (Wildman–Crippen MR) is 77.7 cm³/mol. The monoisotopic (exact) mass is 275 g/mol. The summed E-state index contributed by atoms with van der Waals surface area (Å²) >= 11 is 0. The fraction of sp³-hybridized carbons (Fsp3) is 0.600. The molecule has 3 rings (SSSR count). The van der Waals surface area contributed by atoms with Gasteiger partial charge in [-0.1, -0.05) is 12.8 Å². The maximum atomic E-state index is 11.0. The molecule has 1 saturated carbocycles. The van der Waals surface area contributed by atoms with Gasteiger partial charge in [0.1, 0.15) is 5.82 Å². The van der Waals surface area contributed by atoms with Crippen molar-refractivity contribution in [3.63, 3.8) is 0 Å². The first-order valence-corrected chi connectivity index (χ1v) is 7.32. The van der Waals surface area contributed by atoms with E-state index in [0.717, 1.165) is 37.4 Å². The van der Waals surface area contributed by atoms with Crippen LogP contribution >= 0.6 is 0 Å². The van der Waals surface area contributed by atoms with E-state index in [4.69, 9.17) is 4.74 Å². The topological polar surface area (TPSA) is 63.2 Å². The number of ether oxygens (including phenoxy) is 1. The summed E-state index contributed by atoms with van der Waals surface area (Å²) in [4.78, 5) is 15.3. The summed E-state index contributed by atoms with van der Waals surface area (Å²) in [5, 5.41) is 6.23. The smallest absolute Gasteiger partial charge is 0.221 e. The highest BCUT2D eigenvalue weighted by Crippen LogP contribution is 2.42. The van der Waals surface area contributed by atoms with Crippen molar-refractivity contribution in [2.24, 2.45) is 0 Å². The van der Waals surface area contributed by atoms with Crippen LogP contribution in [0.5, 0.6) is 0 Å². The minimum atomic E-state index is -0.0818. The minimum absolute atomic E-state index is 0.0258. The fourth-order valence-corrected chi connectivity index (χ4v) is 3.35. The number of rotatable bonds is 3. The normalized spacial score (nSPS) is 23.9. The molecule has 2 N–H and O–H groups in total. The van der Waals surface area contributed by atoms with Gasteiger partial charge in [-0.2, -0.15) is 0 Å². The number of carbonyl (C=O) groups is 1. The van der Waals surface area contributed by atoms with Crippen molar-refractivity contribution in [2.45, 2.75) is 50.7 Å². The van der Waals surface area contributed by atoms with E-state index in [1.807, 2.05) is 12.1 Å². The standard InChI is InChI=1S/C15H21N3O2/c1-11(19)17-12-4-5-14(16-10-12)18-13-6-9-20-15(13)7-2-3-8-15/h4-5,10,13H,2-3,6-9H2,1H3,(H,16,18)(H,17,19). The lowest BCUT2D eigenvalue weighted by Crippen LogP contribution is -2.41. The number of nitrogens with zero attached hydrogens (tertiary/aromatic N) is 1. The van der Waals surface area contributed by atoms with Gasteiger partial charge >= 0.3 is 0 Å². The Labute approximate surface area is 119 Å². The Morgan fingerprint density at radius 1 is 1.40 bits per heavy atom. The van der Waals surface area contributed by atoms with Crippen LogP contribution in [0.3, 0.4) is 0 Å². The fourth-order valence-electron chi connectivity index (χ4n) is 3.35. The largest absolute Gasteiger partial charge is 0.373 e. The molecule has 2 aliphatic rings. The number of pyridine rings is 1. The van der Waals surface area contributed by atoms with Crippen LogP contribution in [0.2, 0.25) is 0 Å². The van der Waals surface area contributed by atoms with E-state index in [0.29, 0.717) is 6.04 Å². The highest BCUT2D eigenvalue weighted by Gasteiger charge is 2.46. The molecule has 2 fully saturated rings. The van der Waals surface area contributed by atoms with E-state index in [1.165, 1.54) is 19.8 Å². The predicted octanol–water partition coefficient (Wildman–Crippen LogP) is 2.55. The average Bonchev–Trinajstić information content (AvgIpc) is 3.03. The molecule has 1 aromatic heterocycles. The lowest BCUT2D eigenvalue weighted by atomic mass is 9.92. The van der Waals surface area contributed by atoms with E-state index in [2.05, 4.69) is 15.6 Å². The number of anilines is 2. The van der Waals surface area contributed by atoms with Gasteiger partial charge in [-0.25, -0.2) is 4.98 Å². The van der Waals surface area contributed by atoms with Crippen molar-refractivity contribution < 1.29 is 9.53 Å². The summed E-state index contributed by atoms with van der Waals surface area (Å²) in [6, 6.07) is 4.13. The number of aromatic nitrogens is 1. The average molecular weight is 275 g/mol.